The molecular formula is C30H32F3N. The first-order valence-corrected chi connectivity index (χ1v) is 12.5. The molecule has 0 unspecified atom stereocenters. The molecule has 2 fully saturated rings. The second-order valence-electron chi connectivity index (χ2n) is 10.0. The highest BCUT2D eigenvalue weighted by atomic mass is 19.4. The zero-order chi connectivity index (χ0) is 23.5. The van der Waals surface area contributed by atoms with Crippen molar-refractivity contribution in [3.63, 3.8) is 0 Å². The highest BCUT2D eigenvalue weighted by Crippen LogP contribution is 2.46. The molecule has 0 N–H and O–H groups in total. The molecule has 0 radical (unpaired) electrons. The minimum Gasteiger partial charge on any atom is -0.303 e. The number of hydrogen-bond acceptors (Lipinski definition) is 1. The Hall–Kier alpha value is -2.59. The standard InChI is InChI=1S/C30H32F3N/c31-30(32,33)26-16-14-24(15-17-26)28-13-7-12-25-20-34(21-29(25)28)19-18-27(22-8-3-1-4-9-22)23-10-5-2-6-11-23/h1-6,8-11,14-17,25,27-29H,7,12-13,18-21H2/t25-,28-,29-/m1/s1. The first-order chi connectivity index (χ1) is 16.5. The third kappa shape index (κ3) is 5.07. The number of alkyl halides is 3. The maximum atomic E-state index is 13.0. The minimum absolute atomic E-state index is 0.366. The van der Waals surface area contributed by atoms with Gasteiger partial charge in [0.25, 0.3) is 0 Å². The molecule has 1 saturated heterocycles. The van der Waals surface area contributed by atoms with Crippen molar-refractivity contribution >= 4 is 0 Å². The molecule has 2 aliphatic rings. The van der Waals surface area contributed by atoms with Crippen molar-refractivity contribution in [2.75, 3.05) is 19.6 Å². The SMILES string of the molecule is FC(F)(F)c1ccc([C@H]2CCC[C@@H]3CN(CCC(c4ccccc4)c4ccccc4)C[C@H]32)cc1. The summed E-state index contributed by atoms with van der Waals surface area (Å²) in [5, 5.41) is 0. The van der Waals surface area contributed by atoms with E-state index in [1.807, 2.05) is 0 Å². The Morgan fingerprint density at radius 1 is 0.765 bits per heavy atom. The van der Waals surface area contributed by atoms with E-state index >= 15 is 0 Å². The van der Waals surface area contributed by atoms with Gasteiger partial charge in [0.15, 0.2) is 0 Å². The lowest BCUT2D eigenvalue weighted by molar-refractivity contribution is -0.137. The van der Waals surface area contributed by atoms with Crippen molar-refractivity contribution in [1.82, 2.24) is 4.90 Å². The van der Waals surface area contributed by atoms with Gasteiger partial charge in [-0.1, -0.05) is 79.2 Å². The summed E-state index contributed by atoms with van der Waals surface area (Å²) in [5.74, 6) is 1.92. The Labute approximate surface area is 200 Å². The Balaban J connectivity index is 1.28. The molecule has 0 aromatic heterocycles. The summed E-state index contributed by atoms with van der Waals surface area (Å²) in [6.07, 6.45) is 0.276. The lowest BCUT2D eigenvalue weighted by Crippen LogP contribution is -2.26. The van der Waals surface area contributed by atoms with Gasteiger partial charge in [0.1, 0.15) is 0 Å². The van der Waals surface area contributed by atoms with Crippen LogP contribution in [0.25, 0.3) is 0 Å². The van der Waals surface area contributed by atoms with Gasteiger partial charge in [-0.25, -0.2) is 0 Å². The zero-order valence-corrected chi connectivity index (χ0v) is 19.4. The van der Waals surface area contributed by atoms with E-state index in [0.717, 1.165) is 44.5 Å². The summed E-state index contributed by atoms with van der Waals surface area (Å²) in [6.45, 7) is 3.20. The summed E-state index contributed by atoms with van der Waals surface area (Å²) in [6, 6.07) is 27.5. The Morgan fingerprint density at radius 3 is 1.97 bits per heavy atom. The van der Waals surface area contributed by atoms with Gasteiger partial charge in [0, 0.05) is 19.0 Å². The summed E-state index contributed by atoms with van der Waals surface area (Å²) >= 11 is 0. The fourth-order valence-corrected chi connectivity index (χ4v) is 6.29. The predicted octanol–water partition coefficient (Wildman–Crippen LogP) is 7.74. The van der Waals surface area contributed by atoms with Crippen LogP contribution in [-0.2, 0) is 6.18 Å². The molecule has 178 valence electrons. The average Bonchev–Trinajstić information content (AvgIpc) is 3.28. The summed E-state index contributed by atoms with van der Waals surface area (Å²) in [5.41, 5.74) is 3.24. The number of fused-ring (bicyclic) bond motifs is 1. The molecule has 1 aliphatic heterocycles. The maximum Gasteiger partial charge on any atom is 0.416 e. The van der Waals surface area contributed by atoms with E-state index in [1.54, 1.807) is 12.1 Å². The van der Waals surface area contributed by atoms with Crippen LogP contribution < -0.4 is 0 Å². The number of rotatable bonds is 6. The normalized spacial score (nSPS) is 23.2. The first-order valence-electron chi connectivity index (χ1n) is 12.5. The van der Waals surface area contributed by atoms with Gasteiger partial charge in [-0.05, 0) is 72.4 Å². The third-order valence-electron chi connectivity index (χ3n) is 7.98. The monoisotopic (exact) mass is 463 g/mol. The largest absolute Gasteiger partial charge is 0.416 e. The quantitative estimate of drug-likeness (QED) is 0.361. The summed E-state index contributed by atoms with van der Waals surface area (Å²) in [4.78, 5) is 2.61. The van der Waals surface area contributed by atoms with E-state index in [1.165, 1.54) is 29.7 Å². The van der Waals surface area contributed by atoms with Crippen molar-refractivity contribution in [2.24, 2.45) is 11.8 Å². The topological polar surface area (TPSA) is 3.24 Å². The highest BCUT2D eigenvalue weighted by molar-refractivity contribution is 5.32. The molecule has 3 aromatic rings. The van der Waals surface area contributed by atoms with Crippen molar-refractivity contribution in [1.29, 1.82) is 0 Å². The van der Waals surface area contributed by atoms with E-state index in [2.05, 4.69) is 65.6 Å². The fourth-order valence-electron chi connectivity index (χ4n) is 6.29. The molecule has 1 saturated carbocycles. The molecule has 3 aromatic carbocycles. The van der Waals surface area contributed by atoms with Crippen molar-refractivity contribution in [3.8, 4) is 0 Å². The van der Waals surface area contributed by atoms with Crippen LogP contribution in [0.2, 0.25) is 0 Å². The van der Waals surface area contributed by atoms with Crippen LogP contribution in [0.5, 0.6) is 0 Å². The van der Waals surface area contributed by atoms with Crippen LogP contribution in [0.3, 0.4) is 0 Å². The van der Waals surface area contributed by atoms with Gasteiger partial charge < -0.3 is 4.90 Å². The van der Waals surface area contributed by atoms with Gasteiger partial charge in [-0.15, -0.1) is 0 Å². The van der Waals surface area contributed by atoms with Gasteiger partial charge in [-0.3, -0.25) is 0 Å². The second kappa shape index (κ2) is 9.95. The van der Waals surface area contributed by atoms with Crippen molar-refractivity contribution in [2.45, 2.75) is 43.7 Å². The van der Waals surface area contributed by atoms with E-state index in [0.29, 0.717) is 23.7 Å². The van der Waals surface area contributed by atoms with Gasteiger partial charge >= 0.3 is 6.18 Å². The molecule has 0 amide bonds. The lowest BCUT2D eigenvalue weighted by atomic mass is 9.71. The molecule has 0 bridgehead atoms. The number of hydrogen-bond donors (Lipinski definition) is 0. The smallest absolute Gasteiger partial charge is 0.303 e. The third-order valence-corrected chi connectivity index (χ3v) is 7.98. The second-order valence-corrected chi connectivity index (χ2v) is 10.0. The van der Waals surface area contributed by atoms with Crippen LogP contribution in [0, 0.1) is 11.8 Å². The number of nitrogens with zero attached hydrogens (tertiary/aromatic N) is 1. The number of likely N-dealkylation sites (tertiary alicyclic amines) is 1. The van der Waals surface area contributed by atoms with Crippen LogP contribution >= 0.6 is 0 Å². The summed E-state index contributed by atoms with van der Waals surface area (Å²) < 4.78 is 39.0. The van der Waals surface area contributed by atoms with Crippen LogP contribution in [-0.4, -0.2) is 24.5 Å². The Bertz CT molecular complexity index is 1010. The summed E-state index contributed by atoms with van der Waals surface area (Å²) in [7, 11) is 0. The molecule has 5 rings (SSSR count). The lowest BCUT2D eigenvalue weighted by Gasteiger charge is -2.33. The van der Waals surface area contributed by atoms with Crippen LogP contribution in [0.1, 0.15) is 59.8 Å². The average molecular weight is 464 g/mol. The minimum atomic E-state index is -4.27. The van der Waals surface area contributed by atoms with Gasteiger partial charge in [0.2, 0.25) is 0 Å². The van der Waals surface area contributed by atoms with E-state index in [-0.39, 0.29) is 0 Å². The molecule has 1 heterocycles. The molecule has 1 aliphatic carbocycles. The molecule has 1 nitrogen and oxygen atoms in total. The van der Waals surface area contributed by atoms with Crippen LogP contribution in [0.15, 0.2) is 84.9 Å². The number of benzene rings is 3. The van der Waals surface area contributed by atoms with Gasteiger partial charge in [-0.2, -0.15) is 13.2 Å². The van der Waals surface area contributed by atoms with Gasteiger partial charge in [0.05, 0.1) is 5.56 Å². The highest BCUT2D eigenvalue weighted by Gasteiger charge is 2.41. The molecule has 4 heteroatoms. The maximum absolute atomic E-state index is 13.0. The first kappa shape index (κ1) is 23.2. The van der Waals surface area contributed by atoms with Crippen molar-refractivity contribution in [3.05, 3.63) is 107 Å². The molecule has 3 atom stereocenters. The van der Waals surface area contributed by atoms with Crippen LogP contribution in [0.4, 0.5) is 13.2 Å². The Morgan fingerprint density at radius 2 is 1.38 bits per heavy atom. The molecular weight excluding hydrogens is 431 g/mol. The van der Waals surface area contributed by atoms with E-state index in [4.69, 9.17) is 0 Å². The fraction of sp³-hybridized carbons (Fsp3) is 0.400. The Kier molecular flexibility index (Phi) is 6.78. The molecule has 34 heavy (non-hydrogen) atoms. The van der Waals surface area contributed by atoms with E-state index < -0.39 is 11.7 Å². The van der Waals surface area contributed by atoms with Crippen molar-refractivity contribution < 1.29 is 13.2 Å². The number of halogens is 3. The zero-order valence-electron chi connectivity index (χ0n) is 19.4. The predicted molar refractivity (Wildman–Crippen MR) is 131 cm³/mol. The van der Waals surface area contributed by atoms with E-state index in [9.17, 15) is 13.2 Å². The molecule has 0 spiro atoms.